The molecular weight excluding hydrogens is 328 g/mol. The van der Waals surface area contributed by atoms with E-state index in [1.807, 2.05) is 16.8 Å². The molecule has 0 fully saturated rings. The number of thiophene rings is 1. The van der Waals surface area contributed by atoms with E-state index in [2.05, 4.69) is 16.7 Å². The number of amides is 1. The molecule has 0 bridgehead atoms. The van der Waals surface area contributed by atoms with Gasteiger partial charge in [-0.2, -0.15) is 16.6 Å². The monoisotopic (exact) mass is 344 g/mol. The second-order valence-electron chi connectivity index (χ2n) is 5.02. The van der Waals surface area contributed by atoms with E-state index in [9.17, 15) is 14.9 Å². The SMILES string of the molecule is N#C[C@H](NC(=O)CCCNc1ccc([N+](=O)[O-])cc1)c1ccsc1. The molecule has 2 rings (SSSR count). The summed E-state index contributed by atoms with van der Waals surface area (Å²) in [5.41, 5.74) is 1.59. The highest BCUT2D eigenvalue weighted by Gasteiger charge is 2.13. The first-order valence-corrected chi connectivity index (χ1v) is 8.24. The quantitative estimate of drug-likeness (QED) is 0.434. The number of anilines is 1. The number of carbonyl (C=O) groups excluding carboxylic acids is 1. The molecule has 0 radical (unpaired) electrons. The van der Waals surface area contributed by atoms with Gasteiger partial charge in [-0.3, -0.25) is 14.9 Å². The summed E-state index contributed by atoms with van der Waals surface area (Å²) in [6, 6.07) is 9.36. The van der Waals surface area contributed by atoms with Crippen molar-refractivity contribution in [1.82, 2.24) is 5.32 Å². The topological polar surface area (TPSA) is 108 Å². The minimum absolute atomic E-state index is 0.0379. The van der Waals surface area contributed by atoms with Crippen LogP contribution in [0.15, 0.2) is 41.1 Å². The molecule has 0 aliphatic rings. The van der Waals surface area contributed by atoms with E-state index >= 15 is 0 Å². The highest BCUT2D eigenvalue weighted by Crippen LogP contribution is 2.16. The molecule has 0 unspecified atom stereocenters. The van der Waals surface area contributed by atoms with Crippen LogP contribution in [0, 0.1) is 21.4 Å². The maximum absolute atomic E-state index is 11.9. The number of carbonyl (C=O) groups is 1. The van der Waals surface area contributed by atoms with Gasteiger partial charge in [-0.05, 0) is 40.9 Å². The zero-order chi connectivity index (χ0) is 17.4. The van der Waals surface area contributed by atoms with Crippen molar-refractivity contribution < 1.29 is 9.72 Å². The largest absolute Gasteiger partial charge is 0.385 e. The van der Waals surface area contributed by atoms with Crippen LogP contribution in [0.3, 0.4) is 0 Å². The molecule has 1 aromatic carbocycles. The Morgan fingerprint density at radius 2 is 2.08 bits per heavy atom. The van der Waals surface area contributed by atoms with Gasteiger partial charge < -0.3 is 10.6 Å². The minimum atomic E-state index is -0.619. The van der Waals surface area contributed by atoms with Crippen LogP contribution in [0.5, 0.6) is 0 Å². The molecule has 0 saturated heterocycles. The Hall–Kier alpha value is -2.92. The van der Waals surface area contributed by atoms with Gasteiger partial charge in [-0.25, -0.2) is 0 Å². The molecule has 1 atom stereocenters. The number of nitro benzene ring substituents is 1. The van der Waals surface area contributed by atoms with Crippen LogP contribution >= 0.6 is 11.3 Å². The molecule has 24 heavy (non-hydrogen) atoms. The van der Waals surface area contributed by atoms with Crippen molar-refractivity contribution in [2.75, 3.05) is 11.9 Å². The number of hydrogen-bond donors (Lipinski definition) is 2. The van der Waals surface area contributed by atoms with E-state index in [-0.39, 0.29) is 11.6 Å². The van der Waals surface area contributed by atoms with Gasteiger partial charge >= 0.3 is 0 Å². The van der Waals surface area contributed by atoms with E-state index in [0.29, 0.717) is 19.4 Å². The van der Waals surface area contributed by atoms with Crippen LogP contribution in [0.4, 0.5) is 11.4 Å². The van der Waals surface area contributed by atoms with Crippen molar-refractivity contribution in [1.29, 1.82) is 5.26 Å². The molecule has 0 aliphatic carbocycles. The first-order valence-electron chi connectivity index (χ1n) is 7.29. The molecule has 2 N–H and O–H groups in total. The van der Waals surface area contributed by atoms with Gasteiger partial charge in [-0.1, -0.05) is 0 Å². The number of benzene rings is 1. The highest BCUT2D eigenvalue weighted by molar-refractivity contribution is 7.08. The third-order valence-corrected chi connectivity index (χ3v) is 4.00. The fourth-order valence-electron chi connectivity index (χ4n) is 2.05. The van der Waals surface area contributed by atoms with Crippen molar-refractivity contribution in [2.24, 2.45) is 0 Å². The van der Waals surface area contributed by atoms with Crippen LogP contribution in [0.2, 0.25) is 0 Å². The van der Waals surface area contributed by atoms with Gasteiger partial charge in [0, 0.05) is 30.8 Å². The molecular formula is C16H16N4O3S. The summed E-state index contributed by atoms with van der Waals surface area (Å²) in [5.74, 6) is -0.182. The zero-order valence-electron chi connectivity index (χ0n) is 12.8. The lowest BCUT2D eigenvalue weighted by Gasteiger charge is -2.10. The van der Waals surface area contributed by atoms with Crippen LogP contribution in [0.1, 0.15) is 24.4 Å². The van der Waals surface area contributed by atoms with E-state index < -0.39 is 11.0 Å². The average Bonchev–Trinajstić information content (AvgIpc) is 3.11. The second-order valence-corrected chi connectivity index (χ2v) is 5.80. The standard InChI is InChI=1S/C16H16N4O3S/c17-10-15(12-7-9-24-11-12)19-16(21)2-1-8-18-13-3-5-14(6-4-13)20(22)23/h3-7,9,11,15,18H,1-2,8H2,(H,19,21)/t15-/m0/s1. The molecule has 1 aromatic heterocycles. The fraction of sp³-hybridized carbons (Fsp3) is 0.250. The maximum Gasteiger partial charge on any atom is 0.269 e. The van der Waals surface area contributed by atoms with E-state index in [1.165, 1.54) is 23.5 Å². The Labute approximate surface area is 143 Å². The van der Waals surface area contributed by atoms with Crippen LogP contribution in [-0.4, -0.2) is 17.4 Å². The molecule has 8 heteroatoms. The van der Waals surface area contributed by atoms with Gasteiger partial charge in [0.25, 0.3) is 5.69 Å². The molecule has 2 aromatic rings. The normalized spacial score (nSPS) is 11.3. The number of rotatable bonds is 8. The highest BCUT2D eigenvalue weighted by atomic mass is 32.1. The summed E-state index contributed by atoms with van der Waals surface area (Å²) in [6.45, 7) is 0.556. The van der Waals surface area contributed by atoms with Gasteiger partial charge in [0.05, 0.1) is 11.0 Å². The lowest BCUT2D eigenvalue weighted by atomic mass is 10.1. The van der Waals surface area contributed by atoms with Crippen molar-refractivity contribution >= 4 is 28.6 Å². The Kier molecular flexibility index (Phi) is 6.28. The van der Waals surface area contributed by atoms with Gasteiger partial charge in [0.15, 0.2) is 0 Å². The Morgan fingerprint density at radius 3 is 2.67 bits per heavy atom. The molecule has 0 aliphatic heterocycles. The molecule has 1 heterocycles. The lowest BCUT2D eigenvalue weighted by molar-refractivity contribution is -0.384. The number of nitro groups is 1. The molecule has 1 amide bonds. The molecule has 7 nitrogen and oxygen atoms in total. The Morgan fingerprint density at radius 1 is 1.33 bits per heavy atom. The second kappa shape index (κ2) is 8.64. The smallest absolute Gasteiger partial charge is 0.269 e. The van der Waals surface area contributed by atoms with E-state index in [0.717, 1.165) is 11.3 Å². The molecule has 124 valence electrons. The molecule has 0 spiro atoms. The van der Waals surface area contributed by atoms with E-state index in [4.69, 9.17) is 5.26 Å². The summed E-state index contributed by atoms with van der Waals surface area (Å²) in [5, 5.41) is 29.2. The summed E-state index contributed by atoms with van der Waals surface area (Å²) in [6.07, 6.45) is 0.882. The van der Waals surface area contributed by atoms with Gasteiger partial charge in [0.2, 0.25) is 5.91 Å². The summed E-state index contributed by atoms with van der Waals surface area (Å²) in [7, 11) is 0. The number of hydrogen-bond acceptors (Lipinski definition) is 6. The first kappa shape index (κ1) is 17.4. The summed E-state index contributed by atoms with van der Waals surface area (Å²) >= 11 is 1.48. The van der Waals surface area contributed by atoms with Crippen molar-refractivity contribution in [2.45, 2.75) is 18.9 Å². The first-order chi connectivity index (χ1) is 11.6. The predicted octanol–water partition coefficient (Wildman–Crippen LogP) is 3.23. The van der Waals surface area contributed by atoms with Crippen molar-refractivity contribution in [3.8, 4) is 6.07 Å². The predicted molar refractivity (Wildman–Crippen MR) is 91.6 cm³/mol. The zero-order valence-corrected chi connectivity index (χ0v) is 13.6. The number of nitrogens with zero attached hydrogens (tertiary/aromatic N) is 2. The summed E-state index contributed by atoms with van der Waals surface area (Å²) in [4.78, 5) is 22.0. The Balaban J connectivity index is 1.71. The third-order valence-electron chi connectivity index (χ3n) is 3.30. The van der Waals surface area contributed by atoms with Crippen LogP contribution in [0.25, 0.3) is 0 Å². The van der Waals surface area contributed by atoms with Crippen molar-refractivity contribution in [3.63, 3.8) is 0 Å². The van der Waals surface area contributed by atoms with E-state index in [1.54, 1.807) is 12.1 Å². The van der Waals surface area contributed by atoms with Gasteiger partial charge in [0.1, 0.15) is 6.04 Å². The van der Waals surface area contributed by atoms with Crippen molar-refractivity contribution in [3.05, 3.63) is 56.8 Å². The van der Waals surface area contributed by atoms with Crippen LogP contribution in [-0.2, 0) is 4.79 Å². The number of nitrogens with one attached hydrogen (secondary N) is 2. The number of nitriles is 1. The minimum Gasteiger partial charge on any atom is -0.385 e. The Bertz CT molecular complexity index is 723. The number of non-ortho nitro benzene ring substituents is 1. The maximum atomic E-state index is 11.9. The molecule has 0 saturated carbocycles. The third kappa shape index (κ3) is 5.07. The van der Waals surface area contributed by atoms with Crippen LogP contribution < -0.4 is 10.6 Å². The summed E-state index contributed by atoms with van der Waals surface area (Å²) < 4.78 is 0. The average molecular weight is 344 g/mol. The lowest BCUT2D eigenvalue weighted by Crippen LogP contribution is -2.27. The fourth-order valence-corrected chi connectivity index (χ4v) is 2.73. The van der Waals surface area contributed by atoms with Gasteiger partial charge in [-0.15, -0.1) is 0 Å².